The molecule has 0 radical (unpaired) electrons. The van der Waals surface area contributed by atoms with Crippen molar-refractivity contribution in [1.82, 2.24) is 0 Å². The maximum atomic E-state index is 8.59. The number of hydrogen-bond donors (Lipinski definition) is 0. The normalized spacial score (nSPS) is 7.00. The average molecular weight is 241 g/mol. The number of rotatable bonds is 0. The van der Waals surface area contributed by atoms with Gasteiger partial charge in [-0.3, -0.25) is 0 Å². The third kappa shape index (κ3) is 39.2. The minimum atomic E-state index is -4.11. The molecular weight excluding hydrogens is 241 g/mol. The van der Waals surface area contributed by atoms with Gasteiger partial charge in [-0.05, 0) is 0 Å². The van der Waals surface area contributed by atoms with Gasteiger partial charge in [-0.25, -0.2) is 0 Å². The molecular formula is O3TeZn. The van der Waals surface area contributed by atoms with Crippen LogP contribution in [0, 0.1) is 0 Å². The van der Waals surface area contributed by atoms with Gasteiger partial charge in [0.15, 0.2) is 0 Å². The maximum Gasteiger partial charge on any atom is 2.00 e. The monoisotopic (exact) mass is 242 g/mol. The Kier molecular flexibility index (Phi) is 9.71. The van der Waals surface area contributed by atoms with Crippen molar-refractivity contribution in [2.75, 3.05) is 0 Å². The summed E-state index contributed by atoms with van der Waals surface area (Å²) in [6.45, 7) is 0. The molecule has 5 heteroatoms. The van der Waals surface area contributed by atoms with Crippen LogP contribution in [0.25, 0.3) is 0 Å². The summed E-state index contributed by atoms with van der Waals surface area (Å²) in [6.07, 6.45) is 0. The smallest absolute Gasteiger partial charge is 2.00 e. The van der Waals surface area contributed by atoms with E-state index in [2.05, 4.69) is 0 Å². The van der Waals surface area contributed by atoms with Gasteiger partial charge in [-0.2, -0.15) is 0 Å². The van der Waals surface area contributed by atoms with Crippen LogP contribution in [-0.4, -0.2) is 20.4 Å². The molecule has 0 aliphatic rings. The summed E-state index contributed by atoms with van der Waals surface area (Å²) < 4.78 is 25.8. The Morgan fingerprint density at radius 1 is 1.40 bits per heavy atom. The summed E-state index contributed by atoms with van der Waals surface area (Å²) in [6, 6.07) is 0. The first-order valence-corrected chi connectivity index (χ1v) is 3.35. The molecule has 0 saturated heterocycles. The molecule has 0 aromatic carbocycles. The molecule has 0 N–H and O–H groups in total. The quantitative estimate of drug-likeness (QED) is 0.428. The summed E-state index contributed by atoms with van der Waals surface area (Å²) in [5.74, 6) is 0. The van der Waals surface area contributed by atoms with Crippen LogP contribution in [0.3, 0.4) is 0 Å². The van der Waals surface area contributed by atoms with Crippen LogP contribution in [0.4, 0.5) is 0 Å². The fourth-order valence-electron chi connectivity index (χ4n) is 0. The van der Waals surface area contributed by atoms with E-state index in [4.69, 9.17) is 10.0 Å². The largest absolute Gasteiger partial charge is 2.00 e. The zero-order valence-electron chi connectivity index (χ0n) is 2.34. The van der Waals surface area contributed by atoms with E-state index in [1.807, 2.05) is 0 Å². The Morgan fingerprint density at radius 2 is 1.40 bits per heavy atom. The minimum absolute atomic E-state index is 0. The third-order valence-electron chi connectivity index (χ3n) is 0. The van der Waals surface area contributed by atoms with Crippen molar-refractivity contribution >= 4 is 20.4 Å². The van der Waals surface area contributed by atoms with E-state index in [1.165, 1.54) is 0 Å². The molecule has 26 valence electrons. The molecule has 0 fully saturated rings. The van der Waals surface area contributed by atoms with Crippen molar-refractivity contribution < 1.29 is 29.5 Å². The molecule has 3 nitrogen and oxygen atoms in total. The minimum Gasteiger partial charge on any atom is 2.00 e. The second-order valence-electron chi connectivity index (χ2n) is 0.204. The van der Waals surface area contributed by atoms with Gasteiger partial charge >= 0.3 is 49.9 Å². The van der Waals surface area contributed by atoms with Crippen molar-refractivity contribution in [2.24, 2.45) is 0 Å². The molecule has 0 spiro atoms. The van der Waals surface area contributed by atoms with Crippen LogP contribution in [-0.2, 0) is 22.6 Å². The Balaban J connectivity index is 0. The van der Waals surface area contributed by atoms with E-state index >= 15 is 0 Å². The summed E-state index contributed by atoms with van der Waals surface area (Å²) in [4.78, 5) is 0. The Morgan fingerprint density at radius 3 is 1.40 bits per heavy atom. The molecule has 0 rings (SSSR count). The molecule has 0 aromatic heterocycles. The second-order valence-corrected chi connectivity index (χ2v) is 1.37. The van der Waals surface area contributed by atoms with Crippen LogP contribution in [0.5, 0.6) is 0 Å². The molecule has 0 bridgehead atoms. The zero-order valence-corrected chi connectivity index (χ0v) is 7.64. The third-order valence-corrected chi connectivity index (χ3v) is 0. The van der Waals surface area contributed by atoms with Gasteiger partial charge in [-0.1, -0.05) is 0 Å². The summed E-state index contributed by atoms with van der Waals surface area (Å²) in [7, 11) is 0. The molecule has 0 aliphatic carbocycles. The van der Waals surface area contributed by atoms with Crippen LogP contribution in [0.1, 0.15) is 0 Å². The fourth-order valence-corrected chi connectivity index (χ4v) is 0. The molecule has 0 unspecified atom stereocenters. The molecule has 0 atom stereocenters. The van der Waals surface area contributed by atoms with E-state index in [9.17, 15) is 0 Å². The summed E-state index contributed by atoms with van der Waals surface area (Å²) >= 11 is -4.11. The van der Waals surface area contributed by atoms with E-state index in [0.717, 1.165) is 0 Å². The van der Waals surface area contributed by atoms with E-state index in [-0.39, 0.29) is 19.5 Å². The molecule has 0 aliphatic heterocycles. The SMILES string of the molecule is O=[Te]([O-])[O-].[Zn+2]. The van der Waals surface area contributed by atoms with Crippen LogP contribution in [0.15, 0.2) is 0 Å². The van der Waals surface area contributed by atoms with E-state index < -0.39 is 20.4 Å². The van der Waals surface area contributed by atoms with Crippen LogP contribution in [0.2, 0.25) is 0 Å². The summed E-state index contributed by atoms with van der Waals surface area (Å²) in [5, 5.41) is 0. The van der Waals surface area contributed by atoms with Crippen LogP contribution < -0.4 is 6.94 Å². The molecule has 5 heavy (non-hydrogen) atoms. The van der Waals surface area contributed by atoms with Gasteiger partial charge in [-0.15, -0.1) is 0 Å². The van der Waals surface area contributed by atoms with Crippen molar-refractivity contribution in [3.63, 3.8) is 0 Å². The second kappa shape index (κ2) is 5.13. The standard InChI is InChI=1S/H2O3Te.Zn/c1-4(2)3;/h(H2,1,2,3);/q;+2/p-2. The zero-order chi connectivity index (χ0) is 3.58. The van der Waals surface area contributed by atoms with Gasteiger partial charge in [0.05, 0.1) is 0 Å². The van der Waals surface area contributed by atoms with Crippen molar-refractivity contribution in [1.29, 1.82) is 0 Å². The summed E-state index contributed by atoms with van der Waals surface area (Å²) in [5.41, 5.74) is 0. The predicted octanol–water partition coefficient (Wildman–Crippen LogP) is -2.88. The Labute approximate surface area is 49.9 Å². The first-order valence-electron chi connectivity index (χ1n) is 0.500. The van der Waals surface area contributed by atoms with Gasteiger partial charge < -0.3 is 0 Å². The topological polar surface area (TPSA) is 63.2 Å². The first-order chi connectivity index (χ1) is 1.73. The Bertz CT molecular complexity index is 29.9. The number of hydrogen-bond acceptors (Lipinski definition) is 3. The molecule has 0 saturated carbocycles. The first kappa shape index (κ1) is 9.46. The van der Waals surface area contributed by atoms with Crippen LogP contribution >= 0.6 is 0 Å². The fraction of sp³-hybridized carbons (Fsp3) is 0. The van der Waals surface area contributed by atoms with Gasteiger partial charge in [0.25, 0.3) is 0 Å². The van der Waals surface area contributed by atoms with Crippen molar-refractivity contribution in [3.8, 4) is 0 Å². The van der Waals surface area contributed by atoms with Gasteiger partial charge in [0.2, 0.25) is 0 Å². The molecule has 0 amide bonds. The molecule has 0 aromatic rings. The van der Waals surface area contributed by atoms with Crippen molar-refractivity contribution in [2.45, 2.75) is 0 Å². The molecule has 0 heterocycles. The maximum absolute atomic E-state index is 8.59. The average Bonchev–Trinajstić information content (AvgIpc) is 0.811. The Hall–Kier alpha value is 1.13. The van der Waals surface area contributed by atoms with Gasteiger partial charge in [0, 0.05) is 0 Å². The van der Waals surface area contributed by atoms with Crippen molar-refractivity contribution in [3.05, 3.63) is 0 Å². The van der Waals surface area contributed by atoms with E-state index in [1.54, 1.807) is 0 Å². The predicted molar refractivity (Wildman–Crippen MR) is 6.44 cm³/mol. The van der Waals surface area contributed by atoms with Gasteiger partial charge in [0.1, 0.15) is 0 Å². The van der Waals surface area contributed by atoms with E-state index in [0.29, 0.717) is 0 Å².